The van der Waals surface area contributed by atoms with Gasteiger partial charge in [0.1, 0.15) is 0 Å². The zero-order chi connectivity index (χ0) is 17.9. The molecule has 24 heavy (non-hydrogen) atoms. The lowest BCUT2D eigenvalue weighted by atomic mass is 10.0. The van der Waals surface area contributed by atoms with Gasteiger partial charge in [-0.3, -0.25) is 4.90 Å². The van der Waals surface area contributed by atoms with Gasteiger partial charge in [0.05, 0.1) is 6.04 Å². The molecule has 0 spiro atoms. The third kappa shape index (κ3) is 3.88. The zero-order valence-electron chi connectivity index (χ0n) is 13.5. The Morgan fingerprint density at radius 2 is 1.96 bits per heavy atom. The Kier molecular flexibility index (Phi) is 5.17. The molecule has 0 aliphatic carbocycles. The molecule has 1 atom stereocenters. The van der Waals surface area contributed by atoms with Crippen LogP contribution in [0.1, 0.15) is 12.5 Å². The average Bonchev–Trinajstić information content (AvgIpc) is 2.88. The van der Waals surface area contributed by atoms with E-state index in [4.69, 9.17) is 0 Å². The first kappa shape index (κ1) is 17.8. The van der Waals surface area contributed by atoms with Gasteiger partial charge in [-0.05, 0) is 37.6 Å². The number of nitrogens with zero attached hydrogens (tertiary/aromatic N) is 1. The highest BCUT2D eigenvalue weighted by Gasteiger charge is 2.36. The van der Waals surface area contributed by atoms with Crippen LogP contribution < -0.4 is 10.2 Å². The fraction of sp³-hybridized carbons (Fsp3) is 0.278. The molecule has 0 saturated carbocycles. The second kappa shape index (κ2) is 6.95. The third-order valence-corrected chi connectivity index (χ3v) is 3.81. The van der Waals surface area contributed by atoms with E-state index in [1.165, 1.54) is 17.1 Å². The Morgan fingerprint density at radius 3 is 2.50 bits per heavy atom. The topological polar surface area (TPSA) is 32.3 Å². The molecule has 1 unspecified atom stereocenters. The van der Waals surface area contributed by atoms with Crippen LogP contribution in [0.2, 0.25) is 0 Å². The highest BCUT2D eigenvalue weighted by Crippen LogP contribution is 2.30. The lowest BCUT2D eigenvalue weighted by Gasteiger charge is -2.25. The number of carbonyl (C=O) groups is 1. The SMILES string of the molecule is C=C/C=C(\C=C(/C)C(F)(F)F)C1CNC(=O)N1c1ccc(C)cc1. The summed E-state index contributed by atoms with van der Waals surface area (Å²) in [6, 6.07) is 6.39. The molecule has 1 aliphatic heterocycles. The van der Waals surface area contributed by atoms with E-state index in [0.29, 0.717) is 11.3 Å². The van der Waals surface area contributed by atoms with Gasteiger partial charge in [-0.1, -0.05) is 36.4 Å². The highest BCUT2D eigenvalue weighted by atomic mass is 19.4. The number of amides is 2. The van der Waals surface area contributed by atoms with Crippen molar-refractivity contribution in [1.29, 1.82) is 0 Å². The molecule has 1 aromatic rings. The van der Waals surface area contributed by atoms with Crippen LogP contribution in [0.4, 0.5) is 23.7 Å². The quantitative estimate of drug-likeness (QED) is 0.806. The number of carbonyl (C=O) groups excluding carboxylic acids is 1. The van der Waals surface area contributed by atoms with Gasteiger partial charge in [0.15, 0.2) is 0 Å². The van der Waals surface area contributed by atoms with E-state index < -0.39 is 17.8 Å². The number of rotatable bonds is 4. The van der Waals surface area contributed by atoms with Crippen molar-refractivity contribution in [2.75, 3.05) is 11.4 Å². The van der Waals surface area contributed by atoms with Crippen LogP contribution >= 0.6 is 0 Å². The molecule has 1 saturated heterocycles. The van der Waals surface area contributed by atoms with Crippen molar-refractivity contribution in [3.63, 3.8) is 0 Å². The first-order valence-corrected chi connectivity index (χ1v) is 7.46. The van der Waals surface area contributed by atoms with E-state index in [0.717, 1.165) is 18.6 Å². The molecule has 0 radical (unpaired) electrons. The molecule has 1 aliphatic rings. The third-order valence-electron chi connectivity index (χ3n) is 3.81. The first-order chi connectivity index (χ1) is 11.2. The van der Waals surface area contributed by atoms with Crippen molar-refractivity contribution in [3.8, 4) is 0 Å². The number of hydrogen-bond acceptors (Lipinski definition) is 1. The minimum absolute atomic E-state index is 0.230. The van der Waals surface area contributed by atoms with E-state index in [-0.39, 0.29) is 12.6 Å². The Labute approximate surface area is 139 Å². The van der Waals surface area contributed by atoms with Crippen molar-refractivity contribution < 1.29 is 18.0 Å². The summed E-state index contributed by atoms with van der Waals surface area (Å²) in [5.74, 6) is 0. The maximum absolute atomic E-state index is 12.9. The van der Waals surface area contributed by atoms with Crippen LogP contribution in [0, 0.1) is 6.92 Å². The normalized spacial score (nSPS) is 19.5. The predicted octanol–water partition coefficient (Wildman–Crippen LogP) is 4.51. The standard InChI is InChI=1S/C18H19F3N2O/c1-4-5-14(10-13(3)18(19,20)21)16-11-22-17(24)23(16)15-8-6-12(2)7-9-15/h4-10,16H,1,11H2,2-3H3,(H,22,24)/b13-10+,14-5+. The number of allylic oxidation sites excluding steroid dienone is 3. The van der Waals surface area contributed by atoms with Crippen LogP contribution in [0.5, 0.6) is 0 Å². The lowest BCUT2D eigenvalue weighted by Crippen LogP contribution is -2.35. The molecule has 3 nitrogen and oxygen atoms in total. The summed E-state index contributed by atoms with van der Waals surface area (Å²) in [6.45, 7) is 6.72. The summed E-state index contributed by atoms with van der Waals surface area (Å²) >= 11 is 0. The highest BCUT2D eigenvalue weighted by molar-refractivity contribution is 5.96. The fourth-order valence-corrected chi connectivity index (χ4v) is 2.49. The van der Waals surface area contributed by atoms with Crippen LogP contribution in [-0.4, -0.2) is 24.8 Å². The number of anilines is 1. The van der Waals surface area contributed by atoms with E-state index in [1.807, 2.05) is 19.1 Å². The Bertz CT molecular complexity index is 687. The Balaban J connectivity index is 2.42. The monoisotopic (exact) mass is 336 g/mol. The van der Waals surface area contributed by atoms with Crippen molar-refractivity contribution >= 4 is 11.7 Å². The molecular formula is C18H19F3N2O. The van der Waals surface area contributed by atoms with E-state index >= 15 is 0 Å². The summed E-state index contributed by atoms with van der Waals surface area (Å²) in [6.07, 6.45) is -0.425. The molecule has 0 bridgehead atoms. The number of aryl methyl sites for hydroxylation is 1. The minimum Gasteiger partial charge on any atom is -0.335 e. The first-order valence-electron chi connectivity index (χ1n) is 7.46. The van der Waals surface area contributed by atoms with Crippen LogP contribution in [0.15, 0.2) is 60.2 Å². The van der Waals surface area contributed by atoms with Gasteiger partial charge < -0.3 is 5.32 Å². The van der Waals surface area contributed by atoms with Crippen molar-refractivity contribution in [2.24, 2.45) is 0 Å². The van der Waals surface area contributed by atoms with Gasteiger partial charge in [-0.25, -0.2) is 4.79 Å². The summed E-state index contributed by atoms with van der Waals surface area (Å²) in [5, 5.41) is 2.69. The maximum Gasteiger partial charge on any atom is 0.412 e. The molecule has 1 aromatic carbocycles. The largest absolute Gasteiger partial charge is 0.412 e. The van der Waals surface area contributed by atoms with Gasteiger partial charge in [0.25, 0.3) is 0 Å². The number of nitrogens with one attached hydrogen (secondary N) is 1. The summed E-state index contributed by atoms with van der Waals surface area (Å²) in [4.78, 5) is 13.6. The van der Waals surface area contributed by atoms with Gasteiger partial charge in [0, 0.05) is 17.8 Å². The van der Waals surface area contributed by atoms with Crippen LogP contribution in [0.25, 0.3) is 0 Å². The molecule has 2 rings (SSSR count). The zero-order valence-corrected chi connectivity index (χ0v) is 13.5. The van der Waals surface area contributed by atoms with Gasteiger partial charge in [-0.2, -0.15) is 13.2 Å². The van der Waals surface area contributed by atoms with Crippen molar-refractivity contribution in [3.05, 3.63) is 65.8 Å². The van der Waals surface area contributed by atoms with Crippen LogP contribution in [0.3, 0.4) is 0 Å². The Hall–Kier alpha value is -2.50. The minimum atomic E-state index is -4.41. The Morgan fingerprint density at radius 1 is 1.33 bits per heavy atom. The number of alkyl halides is 3. The molecule has 6 heteroatoms. The number of urea groups is 1. The second-order valence-electron chi connectivity index (χ2n) is 5.63. The van der Waals surface area contributed by atoms with Gasteiger partial charge >= 0.3 is 12.2 Å². The smallest absolute Gasteiger partial charge is 0.335 e. The molecule has 1 fully saturated rings. The number of halogens is 3. The molecule has 2 amide bonds. The van der Waals surface area contributed by atoms with E-state index in [9.17, 15) is 18.0 Å². The van der Waals surface area contributed by atoms with E-state index in [2.05, 4.69) is 11.9 Å². The molecule has 1 N–H and O–H groups in total. The van der Waals surface area contributed by atoms with Gasteiger partial charge in [-0.15, -0.1) is 0 Å². The van der Waals surface area contributed by atoms with Crippen molar-refractivity contribution in [1.82, 2.24) is 5.32 Å². The maximum atomic E-state index is 12.9. The lowest BCUT2D eigenvalue weighted by molar-refractivity contribution is -0.0913. The van der Waals surface area contributed by atoms with E-state index in [1.54, 1.807) is 12.1 Å². The summed E-state index contributed by atoms with van der Waals surface area (Å²) in [5.41, 5.74) is 1.32. The predicted molar refractivity (Wildman–Crippen MR) is 88.9 cm³/mol. The van der Waals surface area contributed by atoms with Crippen molar-refractivity contribution in [2.45, 2.75) is 26.1 Å². The fourth-order valence-electron chi connectivity index (χ4n) is 2.49. The summed E-state index contributed by atoms with van der Waals surface area (Å²) < 4.78 is 38.6. The number of hydrogen-bond donors (Lipinski definition) is 1. The van der Waals surface area contributed by atoms with Gasteiger partial charge in [0.2, 0.25) is 0 Å². The average molecular weight is 336 g/mol. The molecule has 128 valence electrons. The number of benzene rings is 1. The summed E-state index contributed by atoms with van der Waals surface area (Å²) in [7, 11) is 0. The molecule has 1 heterocycles. The molecular weight excluding hydrogens is 317 g/mol. The van der Waals surface area contributed by atoms with Crippen LogP contribution in [-0.2, 0) is 0 Å². The second-order valence-corrected chi connectivity index (χ2v) is 5.63. The molecule has 0 aromatic heterocycles.